The average Bonchev–Trinajstić information content (AvgIpc) is 2.28. The molecule has 0 saturated heterocycles. The molecule has 2 aromatic rings. The molecule has 1 aromatic heterocycles. The lowest BCUT2D eigenvalue weighted by atomic mass is 10.1. The summed E-state index contributed by atoms with van der Waals surface area (Å²) in [6, 6.07) is 8.52. The Labute approximate surface area is 95.5 Å². The van der Waals surface area contributed by atoms with Gasteiger partial charge in [-0.1, -0.05) is 12.1 Å². The summed E-state index contributed by atoms with van der Waals surface area (Å²) in [7, 11) is 1.65. The van der Waals surface area contributed by atoms with E-state index in [1.54, 1.807) is 13.3 Å². The van der Waals surface area contributed by atoms with E-state index in [1.165, 1.54) is 0 Å². The van der Waals surface area contributed by atoms with Gasteiger partial charge in [-0.25, -0.2) is 4.98 Å². The number of nitrogens with one attached hydrogen (secondary N) is 1. The third-order valence-electron chi connectivity index (χ3n) is 2.39. The number of nitrogens with zero attached hydrogens (tertiary/aromatic N) is 1. The first-order valence-corrected chi connectivity index (χ1v) is 5.40. The lowest BCUT2D eigenvalue weighted by Crippen LogP contribution is -2.10. The van der Waals surface area contributed by atoms with Gasteiger partial charge in [-0.15, -0.1) is 0 Å². The van der Waals surface area contributed by atoms with Crippen LogP contribution in [0.1, 0.15) is 13.8 Å². The number of pyridine rings is 1. The number of hydrogen-bond acceptors (Lipinski definition) is 3. The van der Waals surface area contributed by atoms with Crippen molar-refractivity contribution in [2.75, 3.05) is 12.4 Å². The van der Waals surface area contributed by atoms with Crippen molar-refractivity contribution in [2.24, 2.45) is 0 Å². The van der Waals surface area contributed by atoms with E-state index in [1.807, 2.05) is 18.2 Å². The largest absolute Gasteiger partial charge is 0.480 e. The van der Waals surface area contributed by atoms with Gasteiger partial charge in [0.25, 0.3) is 0 Å². The van der Waals surface area contributed by atoms with E-state index in [-0.39, 0.29) is 0 Å². The molecule has 3 nitrogen and oxygen atoms in total. The van der Waals surface area contributed by atoms with Gasteiger partial charge >= 0.3 is 0 Å². The highest BCUT2D eigenvalue weighted by molar-refractivity contribution is 5.97. The van der Waals surface area contributed by atoms with Crippen molar-refractivity contribution in [2.45, 2.75) is 19.9 Å². The van der Waals surface area contributed by atoms with Crippen molar-refractivity contribution in [3.05, 3.63) is 30.5 Å². The molecule has 0 fully saturated rings. The Morgan fingerprint density at radius 1 is 1.25 bits per heavy atom. The molecule has 0 aliphatic heterocycles. The number of anilines is 1. The minimum atomic E-state index is 0.385. The fraction of sp³-hybridized carbons (Fsp3) is 0.308. The van der Waals surface area contributed by atoms with Crippen LogP contribution in [0.5, 0.6) is 5.88 Å². The van der Waals surface area contributed by atoms with E-state index >= 15 is 0 Å². The Balaban J connectivity index is 2.63. The van der Waals surface area contributed by atoms with Gasteiger partial charge in [-0.3, -0.25) is 0 Å². The van der Waals surface area contributed by atoms with Gasteiger partial charge in [0.15, 0.2) is 0 Å². The van der Waals surface area contributed by atoms with E-state index in [4.69, 9.17) is 4.74 Å². The molecule has 0 radical (unpaired) electrons. The first-order chi connectivity index (χ1) is 7.72. The summed E-state index contributed by atoms with van der Waals surface area (Å²) < 4.78 is 5.30. The number of ether oxygens (including phenoxy) is 1. The monoisotopic (exact) mass is 216 g/mol. The van der Waals surface area contributed by atoms with Gasteiger partial charge in [-0.2, -0.15) is 0 Å². The fourth-order valence-electron chi connectivity index (χ4n) is 1.78. The summed E-state index contributed by atoms with van der Waals surface area (Å²) >= 11 is 0. The van der Waals surface area contributed by atoms with E-state index in [2.05, 4.69) is 30.2 Å². The molecule has 1 aromatic carbocycles. The molecule has 1 heterocycles. The zero-order valence-corrected chi connectivity index (χ0v) is 9.82. The topological polar surface area (TPSA) is 34.1 Å². The third-order valence-corrected chi connectivity index (χ3v) is 2.39. The van der Waals surface area contributed by atoms with Crippen molar-refractivity contribution >= 4 is 16.5 Å². The van der Waals surface area contributed by atoms with Crippen LogP contribution in [0, 0.1) is 0 Å². The maximum absolute atomic E-state index is 5.30. The second-order valence-corrected chi connectivity index (χ2v) is 4.02. The normalized spacial score (nSPS) is 10.8. The lowest BCUT2D eigenvalue weighted by Gasteiger charge is -2.14. The summed E-state index contributed by atoms with van der Waals surface area (Å²) in [5.74, 6) is 0.668. The zero-order valence-electron chi connectivity index (χ0n) is 9.82. The molecule has 0 unspecified atom stereocenters. The first kappa shape index (κ1) is 10.7. The molecule has 0 aliphatic rings. The molecule has 84 valence electrons. The predicted molar refractivity (Wildman–Crippen MR) is 67.1 cm³/mol. The molecule has 2 rings (SSSR count). The summed E-state index contributed by atoms with van der Waals surface area (Å²) in [5.41, 5.74) is 1.07. The number of hydrogen-bond donors (Lipinski definition) is 1. The lowest BCUT2D eigenvalue weighted by molar-refractivity contribution is 0.403. The van der Waals surface area contributed by atoms with Crippen LogP contribution >= 0.6 is 0 Å². The van der Waals surface area contributed by atoms with Crippen molar-refractivity contribution in [3.8, 4) is 5.88 Å². The molecule has 0 saturated carbocycles. The van der Waals surface area contributed by atoms with Gasteiger partial charge in [0, 0.05) is 17.9 Å². The number of fused-ring (bicyclic) bond motifs is 1. The Morgan fingerprint density at radius 3 is 2.75 bits per heavy atom. The quantitative estimate of drug-likeness (QED) is 0.856. The van der Waals surface area contributed by atoms with Crippen LogP contribution in [0.15, 0.2) is 30.5 Å². The number of aromatic nitrogens is 1. The van der Waals surface area contributed by atoms with Crippen LogP contribution in [-0.4, -0.2) is 18.1 Å². The molecule has 3 heteroatoms. The number of methoxy groups -OCH3 is 1. The molecule has 16 heavy (non-hydrogen) atoms. The fourth-order valence-corrected chi connectivity index (χ4v) is 1.78. The van der Waals surface area contributed by atoms with Crippen LogP contribution in [0.3, 0.4) is 0 Å². The van der Waals surface area contributed by atoms with Crippen LogP contribution in [0.4, 0.5) is 5.69 Å². The van der Waals surface area contributed by atoms with Crippen LogP contribution in [-0.2, 0) is 0 Å². The second-order valence-electron chi connectivity index (χ2n) is 4.02. The van der Waals surface area contributed by atoms with E-state index in [0.29, 0.717) is 11.9 Å². The highest BCUT2D eigenvalue weighted by Crippen LogP contribution is 2.30. The molecule has 0 aliphatic carbocycles. The Morgan fingerprint density at radius 2 is 2.06 bits per heavy atom. The third kappa shape index (κ3) is 1.94. The van der Waals surface area contributed by atoms with Crippen LogP contribution in [0.2, 0.25) is 0 Å². The second kappa shape index (κ2) is 4.39. The van der Waals surface area contributed by atoms with Gasteiger partial charge in [0.2, 0.25) is 5.88 Å². The molecule has 0 spiro atoms. The summed E-state index contributed by atoms with van der Waals surface area (Å²) in [5, 5.41) is 5.58. The van der Waals surface area contributed by atoms with Crippen molar-refractivity contribution in [1.82, 2.24) is 4.98 Å². The predicted octanol–water partition coefficient (Wildman–Crippen LogP) is 3.06. The highest BCUT2D eigenvalue weighted by atomic mass is 16.5. The SMILES string of the molecule is COc1nccc2cccc(NC(C)C)c12. The Hall–Kier alpha value is -1.77. The molecule has 1 N–H and O–H groups in total. The van der Waals surface area contributed by atoms with E-state index in [9.17, 15) is 0 Å². The van der Waals surface area contributed by atoms with E-state index < -0.39 is 0 Å². The van der Waals surface area contributed by atoms with Gasteiger partial charge in [0.05, 0.1) is 12.5 Å². The maximum atomic E-state index is 5.30. The molecule has 0 atom stereocenters. The number of benzene rings is 1. The molecular formula is C13H16N2O. The maximum Gasteiger partial charge on any atom is 0.223 e. The Kier molecular flexibility index (Phi) is 2.95. The first-order valence-electron chi connectivity index (χ1n) is 5.40. The zero-order chi connectivity index (χ0) is 11.5. The number of rotatable bonds is 3. The van der Waals surface area contributed by atoms with Gasteiger partial charge in [0.1, 0.15) is 0 Å². The van der Waals surface area contributed by atoms with Crippen molar-refractivity contribution < 1.29 is 4.74 Å². The molecule has 0 amide bonds. The minimum Gasteiger partial charge on any atom is -0.480 e. The van der Waals surface area contributed by atoms with Gasteiger partial charge in [-0.05, 0) is 31.4 Å². The van der Waals surface area contributed by atoms with Crippen LogP contribution in [0.25, 0.3) is 10.8 Å². The Bertz CT molecular complexity index is 489. The standard InChI is InChI=1S/C13H16N2O/c1-9(2)15-11-6-4-5-10-7-8-14-13(16-3)12(10)11/h4-9,15H,1-3H3. The van der Waals surface area contributed by atoms with Crippen molar-refractivity contribution in [1.29, 1.82) is 0 Å². The summed E-state index contributed by atoms with van der Waals surface area (Å²) in [4.78, 5) is 4.23. The average molecular weight is 216 g/mol. The smallest absolute Gasteiger partial charge is 0.223 e. The van der Waals surface area contributed by atoms with Gasteiger partial charge < -0.3 is 10.1 Å². The van der Waals surface area contributed by atoms with E-state index in [0.717, 1.165) is 16.5 Å². The minimum absolute atomic E-state index is 0.385. The summed E-state index contributed by atoms with van der Waals surface area (Å²) in [6.07, 6.45) is 1.76. The molecular weight excluding hydrogens is 200 g/mol. The van der Waals surface area contributed by atoms with Crippen LogP contribution < -0.4 is 10.1 Å². The molecule has 0 bridgehead atoms. The highest BCUT2D eigenvalue weighted by Gasteiger charge is 2.08. The summed E-state index contributed by atoms with van der Waals surface area (Å²) in [6.45, 7) is 4.23. The van der Waals surface area contributed by atoms with Crippen molar-refractivity contribution in [3.63, 3.8) is 0 Å².